The number of rotatable bonds is 2. The molecule has 0 spiro atoms. The van der Waals surface area contributed by atoms with E-state index < -0.39 is 11.6 Å². The van der Waals surface area contributed by atoms with Gasteiger partial charge in [0.15, 0.2) is 11.6 Å². The molecule has 0 saturated carbocycles. The van der Waals surface area contributed by atoms with Crippen LogP contribution in [0.1, 0.15) is 25.3 Å². The number of hydrogen-bond acceptors (Lipinski definition) is 2. The van der Waals surface area contributed by atoms with Crippen molar-refractivity contribution in [2.24, 2.45) is 0 Å². The van der Waals surface area contributed by atoms with Crippen LogP contribution in [-0.2, 0) is 0 Å². The van der Waals surface area contributed by atoms with Gasteiger partial charge in [0.05, 0.1) is 5.69 Å². The van der Waals surface area contributed by atoms with Gasteiger partial charge in [0, 0.05) is 11.1 Å². The molecular weight excluding hydrogens is 258 g/mol. The fourth-order valence-electron chi connectivity index (χ4n) is 1.79. The van der Waals surface area contributed by atoms with Gasteiger partial charge in [-0.15, -0.1) is 0 Å². The van der Waals surface area contributed by atoms with E-state index in [1.807, 2.05) is 13.8 Å². The first-order chi connectivity index (χ1) is 8.52. The van der Waals surface area contributed by atoms with E-state index >= 15 is 0 Å². The van der Waals surface area contributed by atoms with Crippen LogP contribution in [0.2, 0.25) is 5.15 Å². The van der Waals surface area contributed by atoms with E-state index in [0.717, 1.165) is 6.07 Å². The molecule has 0 saturated heterocycles. The largest absolute Gasteiger partial charge is 0.236 e. The predicted molar refractivity (Wildman–Crippen MR) is 66.5 cm³/mol. The highest BCUT2D eigenvalue weighted by Crippen LogP contribution is 2.33. The van der Waals surface area contributed by atoms with Gasteiger partial charge in [-0.2, -0.15) is 0 Å². The lowest BCUT2D eigenvalue weighted by molar-refractivity contribution is 0.510. The molecule has 0 aliphatic carbocycles. The maximum absolute atomic E-state index is 13.8. The van der Waals surface area contributed by atoms with Gasteiger partial charge in [0.1, 0.15) is 11.5 Å². The Morgan fingerprint density at radius 1 is 1.17 bits per heavy atom. The van der Waals surface area contributed by atoms with Crippen LogP contribution in [0.15, 0.2) is 24.5 Å². The molecule has 0 bridgehead atoms. The van der Waals surface area contributed by atoms with Crippen molar-refractivity contribution in [2.45, 2.75) is 19.8 Å². The van der Waals surface area contributed by atoms with Crippen molar-refractivity contribution in [1.29, 1.82) is 0 Å². The average Bonchev–Trinajstić information content (AvgIpc) is 2.32. The standard InChI is InChI=1S/C13H11ClF2N2/c1-7(2)10-12(17-6-18-13(10)14)8-4-3-5-9(15)11(8)16/h3-7H,1-2H3. The van der Waals surface area contributed by atoms with Crippen molar-refractivity contribution in [1.82, 2.24) is 9.97 Å². The van der Waals surface area contributed by atoms with E-state index in [9.17, 15) is 8.78 Å². The maximum Gasteiger partial charge on any atom is 0.168 e. The molecule has 1 aromatic carbocycles. The van der Waals surface area contributed by atoms with Crippen LogP contribution in [0.4, 0.5) is 8.78 Å². The molecule has 5 heteroatoms. The zero-order valence-corrected chi connectivity index (χ0v) is 10.7. The Morgan fingerprint density at radius 2 is 1.89 bits per heavy atom. The summed E-state index contributed by atoms with van der Waals surface area (Å²) < 4.78 is 27.0. The van der Waals surface area contributed by atoms with Gasteiger partial charge in [0.25, 0.3) is 0 Å². The SMILES string of the molecule is CC(C)c1c(Cl)ncnc1-c1cccc(F)c1F. The van der Waals surface area contributed by atoms with Gasteiger partial charge in [-0.25, -0.2) is 18.7 Å². The van der Waals surface area contributed by atoms with E-state index in [2.05, 4.69) is 9.97 Å². The van der Waals surface area contributed by atoms with E-state index in [1.165, 1.54) is 18.5 Å². The summed E-state index contributed by atoms with van der Waals surface area (Å²) >= 11 is 6.00. The predicted octanol–water partition coefficient (Wildman–Crippen LogP) is 4.20. The van der Waals surface area contributed by atoms with Crippen molar-refractivity contribution < 1.29 is 8.78 Å². The summed E-state index contributed by atoms with van der Waals surface area (Å²) in [5.74, 6) is -1.82. The van der Waals surface area contributed by atoms with Gasteiger partial charge in [-0.1, -0.05) is 31.5 Å². The third kappa shape index (κ3) is 2.20. The molecule has 2 aromatic rings. The van der Waals surface area contributed by atoms with Gasteiger partial charge < -0.3 is 0 Å². The minimum absolute atomic E-state index is 0.0105. The summed E-state index contributed by atoms with van der Waals surface area (Å²) in [5.41, 5.74) is 1.05. The molecular formula is C13H11ClF2N2. The fourth-order valence-corrected chi connectivity index (χ4v) is 2.14. The van der Waals surface area contributed by atoms with Gasteiger partial charge in [0.2, 0.25) is 0 Å². The van der Waals surface area contributed by atoms with Crippen LogP contribution in [0.3, 0.4) is 0 Å². The molecule has 0 unspecified atom stereocenters. The molecule has 0 aliphatic rings. The summed E-state index contributed by atoms with van der Waals surface area (Å²) in [6, 6.07) is 3.98. The second-order valence-corrected chi connectivity index (χ2v) is 4.54. The van der Waals surface area contributed by atoms with Crippen LogP contribution in [-0.4, -0.2) is 9.97 Å². The third-order valence-corrected chi connectivity index (χ3v) is 2.92. The molecule has 0 fully saturated rings. The molecule has 0 N–H and O–H groups in total. The Balaban J connectivity index is 2.72. The lowest BCUT2D eigenvalue weighted by atomic mass is 9.98. The first kappa shape index (κ1) is 12.9. The zero-order chi connectivity index (χ0) is 13.3. The Hall–Kier alpha value is -1.55. The van der Waals surface area contributed by atoms with E-state index in [1.54, 1.807) is 0 Å². The van der Waals surface area contributed by atoms with Crippen LogP contribution < -0.4 is 0 Å². The van der Waals surface area contributed by atoms with Crippen LogP contribution >= 0.6 is 11.6 Å². The lowest BCUT2D eigenvalue weighted by Crippen LogP contribution is -2.01. The molecule has 0 atom stereocenters. The van der Waals surface area contributed by atoms with Gasteiger partial charge >= 0.3 is 0 Å². The monoisotopic (exact) mass is 268 g/mol. The molecule has 2 nitrogen and oxygen atoms in total. The molecule has 0 aliphatic heterocycles. The summed E-state index contributed by atoms with van der Waals surface area (Å²) in [6.45, 7) is 3.79. The molecule has 0 radical (unpaired) electrons. The second kappa shape index (κ2) is 4.98. The van der Waals surface area contributed by atoms with Crippen molar-refractivity contribution in [3.8, 4) is 11.3 Å². The quantitative estimate of drug-likeness (QED) is 0.763. The summed E-state index contributed by atoms with van der Waals surface area (Å²) in [5, 5.41) is 0.263. The van der Waals surface area contributed by atoms with Crippen LogP contribution in [0, 0.1) is 11.6 Å². The van der Waals surface area contributed by atoms with E-state index in [0.29, 0.717) is 11.3 Å². The first-order valence-corrected chi connectivity index (χ1v) is 5.85. The Labute approximate surface area is 109 Å². The number of halogens is 3. The topological polar surface area (TPSA) is 25.8 Å². The third-order valence-electron chi connectivity index (χ3n) is 2.62. The van der Waals surface area contributed by atoms with E-state index in [4.69, 9.17) is 11.6 Å². The lowest BCUT2D eigenvalue weighted by Gasteiger charge is -2.13. The van der Waals surface area contributed by atoms with Crippen molar-refractivity contribution >= 4 is 11.6 Å². The maximum atomic E-state index is 13.8. The number of nitrogens with zero attached hydrogens (tertiary/aromatic N) is 2. The highest BCUT2D eigenvalue weighted by molar-refractivity contribution is 6.30. The highest BCUT2D eigenvalue weighted by Gasteiger charge is 2.19. The highest BCUT2D eigenvalue weighted by atomic mass is 35.5. The van der Waals surface area contributed by atoms with Gasteiger partial charge in [-0.3, -0.25) is 0 Å². The van der Waals surface area contributed by atoms with Crippen LogP contribution in [0.25, 0.3) is 11.3 Å². The van der Waals surface area contributed by atoms with Gasteiger partial charge in [-0.05, 0) is 18.1 Å². The van der Waals surface area contributed by atoms with Crippen molar-refractivity contribution in [3.05, 3.63) is 46.9 Å². The Morgan fingerprint density at radius 3 is 2.56 bits per heavy atom. The summed E-state index contributed by atoms with van der Waals surface area (Å²) in [7, 11) is 0. The van der Waals surface area contributed by atoms with E-state index in [-0.39, 0.29) is 16.6 Å². The smallest absolute Gasteiger partial charge is 0.168 e. The number of aromatic nitrogens is 2. The molecule has 1 aromatic heterocycles. The molecule has 0 amide bonds. The average molecular weight is 269 g/mol. The molecule has 2 rings (SSSR count). The Bertz CT molecular complexity index is 585. The zero-order valence-electron chi connectivity index (χ0n) is 9.92. The fraction of sp³-hybridized carbons (Fsp3) is 0.231. The molecule has 94 valence electrons. The molecule has 1 heterocycles. The molecule has 18 heavy (non-hydrogen) atoms. The number of benzene rings is 1. The minimum atomic E-state index is -0.922. The van der Waals surface area contributed by atoms with Crippen LogP contribution in [0.5, 0.6) is 0 Å². The first-order valence-electron chi connectivity index (χ1n) is 5.47. The summed E-state index contributed by atoms with van der Waals surface area (Å²) in [4.78, 5) is 7.91. The summed E-state index contributed by atoms with van der Waals surface area (Å²) in [6.07, 6.45) is 1.24. The Kier molecular flexibility index (Phi) is 3.57. The van der Waals surface area contributed by atoms with Crippen molar-refractivity contribution in [3.63, 3.8) is 0 Å². The second-order valence-electron chi connectivity index (χ2n) is 4.18. The van der Waals surface area contributed by atoms with Crippen molar-refractivity contribution in [2.75, 3.05) is 0 Å². The normalized spacial score (nSPS) is 11.0. The minimum Gasteiger partial charge on any atom is -0.236 e. The number of hydrogen-bond donors (Lipinski definition) is 0.